The fourth-order valence-corrected chi connectivity index (χ4v) is 3.53. The van der Waals surface area contributed by atoms with E-state index in [1.54, 1.807) is 12.3 Å². The molecule has 4 rings (SSSR count). The zero-order valence-electron chi connectivity index (χ0n) is 12.2. The molecule has 2 aliphatic carbocycles. The van der Waals surface area contributed by atoms with Crippen LogP contribution in [0.1, 0.15) is 41.0 Å². The van der Waals surface area contributed by atoms with E-state index in [1.165, 1.54) is 0 Å². The summed E-state index contributed by atoms with van der Waals surface area (Å²) in [5.74, 6) is -0.0123. The van der Waals surface area contributed by atoms with Gasteiger partial charge in [0.15, 0.2) is 0 Å². The highest BCUT2D eigenvalue weighted by Gasteiger charge is 2.49. The maximum atomic E-state index is 12.5. The van der Waals surface area contributed by atoms with Crippen molar-refractivity contribution in [2.24, 2.45) is 5.73 Å². The highest BCUT2D eigenvalue weighted by Crippen LogP contribution is 2.43. The molecule has 0 saturated heterocycles. The van der Waals surface area contributed by atoms with Crippen LogP contribution in [-0.2, 0) is 13.0 Å². The summed E-state index contributed by atoms with van der Waals surface area (Å²) in [5.41, 5.74) is 10.0. The number of aromatic nitrogens is 2. The van der Waals surface area contributed by atoms with Gasteiger partial charge in [-0.1, -0.05) is 18.2 Å². The van der Waals surface area contributed by atoms with Crippen LogP contribution in [0, 0.1) is 0 Å². The molecule has 0 aromatic carbocycles. The van der Waals surface area contributed by atoms with E-state index >= 15 is 0 Å². The molecule has 0 unspecified atom stereocenters. The lowest BCUT2D eigenvalue weighted by Crippen LogP contribution is -2.46. The second-order valence-electron chi connectivity index (χ2n) is 6.26. The summed E-state index contributed by atoms with van der Waals surface area (Å²) in [6, 6.07) is 0. The topological polar surface area (TPSA) is 72.9 Å². The van der Waals surface area contributed by atoms with Gasteiger partial charge in [-0.05, 0) is 43.5 Å². The predicted octanol–water partition coefficient (Wildman–Crippen LogP) is 2.08. The number of nitrogens with zero attached hydrogens (tertiary/aromatic N) is 2. The minimum Gasteiger partial charge on any atom is -0.404 e. The van der Waals surface area contributed by atoms with Crippen molar-refractivity contribution in [1.29, 1.82) is 0 Å². The third-order valence-corrected chi connectivity index (χ3v) is 4.81. The molecule has 22 heavy (non-hydrogen) atoms. The van der Waals surface area contributed by atoms with Crippen LogP contribution in [0.2, 0.25) is 0 Å². The van der Waals surface area contributed by atoms with Crippen LogP contribution in [0.15, 0.2) is 29.5 Å². The Morgan fingerprint density at radius 3 is 2.86 bits per heavy atom. The van der Waals surface area contributed by atoms with Gasteiger partial charge >= 0.3 is 0 Å². The minimum atomic E-state index is -0.0643. The van der Waals surface area contributed by atoms with Gasteiger partial charge < -0.3 is 11.1 Å². The molecule has 2 heterocycles. The van der Waals surface area contributed by atoms with Crippen LogP contribution in [-0.4, -0.2) is 21.2 Å². The van der Waals surface area contributed by atoms with E-state index in [4.69, 9.17) is 22.4 Å². The molecule has 1 aromatic heterocycles. The number of allylic oxidation sites excluding steroid dienone is 4. The number of nitrogens with two attached hydrogens (primary N) is 1. The first-order valence-electron chi connectivity index (χ1n) is 7.43. The first kappa shape index (κ1) is 13.6. The van der Waals surface area contributed by atoms with Crippen LogP contribution in [0.5, 0.6) is 0 Å². The van der Waals surface area contributed by atoms with Gasteiger partial charge in [0.25, 0.3) is 5.91 Å². The van der Waals surface area contributed by atoms with E-state index in [0.29, 0.717) is 10.7 Å². The second-order valence-corrected chi connectivity index (χ2v) is 6.75. The summed E-state index contributed by atoms with van der Waals surface area (Å²) in [5, 5.41) is 8.27. The number of hydrogen-bond donors (Lipinski definition) is 2. The quantitative estimate of drug-likeness (QED) is 0.833. The van der Waals surface area contributed by atoms with Crippen molar-refractivity contribution in [2.75, 3.05) is 0 Å². The van der Waals surface area contributed by atoms with Crippen LogP contribution in [0.4, 0.5) is 0 Å². The molecule has 1 fully saturated rings. The highest BCUT2D eigenvalue weighted by atomic mass is 35.5. The Labute approximate surface area is 133 Å². The predicted molar refractivity (Wildman–Crippen MR) is 85.2 cm³/mol. The monoisotopic (exact) mass is 316 g/mol. The maximum Gasteiger partial charge on any atom is 0.270 e. The molecule has 3 N–H and O–H groups in total. The van der Waals surface area contributed by atoms with Crippen LogP contribution < -0.4 is 11.1 Å². The Kier molecular flexibility index (Phi) is 2.78. The van der Waals surface area contributed by atoms with Gasteiger partial charge in [-0.15, -0.1) is 0 Å². The molecular weight excluding hydrogens is 300 g/mol. The van der Waals surface area contributed by atoms with Crippen molar-refractivity contribution in [1.82, 2.24) is 15.1 Å². The molecule has 1 aliphatic heterocycles. The van der Waals surface area contributed by atoms with Crippen molar-refractivity contribution in [3.05, 3.63) is 46.4 Å². The number of fused-ring (bicyclic) bond motifs is 3. The molecule has 5 nitrogen and oxygen atoms in total. The molecule has 1 saturated carbocycles. The van der Waals surface area contributed by atoms with E-state index in [9.17, 15) is 4.79 Å². The van der Waals surface area contributed by atoms with E-state index in [0.717, 1.165) is 54.6 Å². The van der Waals surface area contributed by atoms with Crippen molar-refractivity contribution in [2.45, 2.75) is 37.8 Å². The van der Waals surface area contributed by atoms with Crippen molar-refractivity contribution >= 4 is 23.1 Å². The molecule has 0 radical (unpaired) electrons. The normalized spacial score (nSPS) is 25.0. The summed E-state index contributed by atoms with van der Waals surface area (Å²) in [6.45, 7) is 4.48. The van der Waals surface area contributed by atoms with Crippen molar-refractivity contribution in [3.8, 4) is 0 Å². The summed E-state index contributed by atoms with van der Waals surface area (Å²) >= 11 is 5.96. The number of amides is 1. The second kappa shape index (κ2) is 4.49. The number of carbonyl (C=O) groups is 1. The largest absolute Gasteiger partial charge is 0.404 e. The number of nitrogens with one attached hydrogen (secondary N) is 1. The Morgan fingerprint density at radius 2 is 2.23 bits per heavy atom. The van der Waals surface area contributed by atoms with E-state index < -0.39 is 0 Å². The van der Waals surface area contributed by atoms with Crippen molar-refractivity contribution < 1.29 is 4.79 Å². The van der Waals surface area contributed by atoms with Gasteiger partial charge in [-0.2, -0.15) is 5.10 Å². The van der Waals surface area contributed by atoms with Gasteiger partial charge in [0.05, 0.1) is 17.8 Å². The minimum absolute atomic E-state index is 0.0123. The number of carbonyl (C=O) groups excluding carboxylic acids is 1. The highest BCUT2D eigenvalue weighted by molar-refractivity contribution is 6.31. The van der Waals surface area contributed by atoms with Crippen LogP contribution in [0.25, 0.3) is 5.57 Å². The number of rotatable bonds is 1. The third kappa shape index (κ3) is 1.92. The fraction of sp³-hybridized carbons (Fsp3) is 0.375. The maximum absolute atomic E-state index is 12.5. The van der Waals surface area contributed by atoms with E-state index in [1.807, 2.05) is 4.68 Å². The summed E-state index contributed by atoms with van der Waals surface area (Å²) in [6.07, 6.45) is 6.96. The fourth-order valence-electron chi connectivity index (χ4n) is 3.42. The molecule has 0 atom stereocenters. The van der Waals surface area contributed by atoms with E-state index in [-0.39, 0.29) is 11.4 Å². The summed E-state index contributed by atoms with van der Waals surface area (Å²) in [4.78, 5) is 12.5. The molecule has 114 valence electrons. The Hall–Kier alpha value is -2.01. The zero-order chi connectivity index (χ0) is 15.5. The van der Waals surface area contributed by atoms with Crippen molar-refractivity contribution in [3.63, 3.8) is 0 Å². The van der Waals surface area contributed by atoms with Crippen LogP contribution in [0.3, 0.4) is 0 Å². The number of halogens is 1. The molecule has 3 aliphatic rings. The summed E-state index contributed by atoms with van der Waals surface area (Å²) in [7, 11) is 0. The lowest BCUT2D eigenvalue weighted by molar-refractivity contribution is 0.0885. The lowest BCUT2D eigenvalue weighted by Gasteiger charge is -2.25. The molecule has 1 aromatic rings. The lowest BCUT2D eigenvalue weighted by atomic mass is 9.86. The van der Waals surface area contributed by atoms with Gasteiger partial charge in [-0.3, -0.25) is 9.48 Å². The zero-order valence-corrected chi connectivity index (χ0v) is 12.9. The molecular formula is C16H17ClN4O. The SMILES string of the molecule is C=C(Cl)C=C1/C(=C\N)CCc2c1nn1c2C(=O)NC2(CC2)C1. The van der Waals surface area contributed by atoms with Gasteiger partial charge in [0.2, 0.25) is 0 Å². The first-order valence-corrected chi connectivity index (χ1v) is 7.81. The Bertz CT molecular complexity index is 767. The Balaban J connectivity index is 1.88. The van der Waals surface area contributed by atoms with Gasteiger partial charge in [-0.25, -0.2) is 0 Å². The number of hydrogen-bond acceptors (Lipinski definition) is 3. The average Bonchev–Trinajstić information content (AvgIpc) is 3.07. The van der Waals surface area contributed by atoms with Gasteiger partial charge in [0, 0.05) is 16.2 Å². The molecule has 0 bridgehead atoms. The molecule has 1 spiro atoms. The van der Waals surface area contributed by atoms with E-state index in [2.05, 4.69) is 11.9 Å². The standard InChI is InChI=1S/C16H17ClN4O/c1-9(17)6-12-10(7-18)2-3-11-13(12)20-21-8-16(4-5-16)19-15(22)14(11)21/h6-7H,1-5,8,18H2,(H,19,22)/b10-7-,12-6?. The first-order chi connectivity index (χ1) is 10.5. The molecule has 6 heteroatoms. The smallest absolute Gasteiger partial charge is 0.270 e. The summed E-state index contributed by atoms with van der Waals surface area (Å²) < 4.78 is 1.86. The Morgan fingerprint density at radius 1 is 1.45 bits per heavy atom. The van der Waals surface area contributed by atoms with Crippen LogP contribution >= 0.6 is 11.6 Å². The molecule has 1 amide bonds. The van der Waals surface area contributed by atoms with Gasteiger partial charge in [0.1, 0.15) is 5.69 Å². The third-order valence-electron chi connectivity index (χ3n) is 4.70. The average molecular weight is 317 g/mol.